The third kappa shape index (κ3) is 11.5. The van der Waals surface area contributed by atoms with Gasteiger partial charge in [-0.05, 0) is 38.7 Å². The zero-order chi connectivity index (χ0) is 17.4. The van der Waals surface area contributed by atoms with E-state index in [0.29, 0.717) is 6.42 Å². The Kier molecular flexibility index (Phi) is 15.5. The number of carbonyl (C=O) groups excluding carboxylic acids is 1. The van der Waals surface area contributed by atoms with E-state index in [2.05, 4.69) is 13.5 Å². The van der Waals surface area contributed by atoms with Crippen LogP contribution in [0.5, 0.6) is 0 Å². The Bertz CT molecular complexity index is 339. The van der Waals surface area contributed by atoms with Crippen molar-refractivity contribution < 1.29 is 9.53 Å². The van der Waals surface area contributed by atoms with Gasteiger partial charge in [0, 0.05) is 7.11 Å². The second-order valence-corrected chi connectivity index (χ2v) is 5.34. The van der Waals surface area contributed by atoms with Crippen LogP contribution >= 0.6 is 0 Å². The number of hydrogen-bond acceptors (Lipinski definition) is 3. The topological polar surface area (TPSA) is 52.3 Å². The summed E-state index contributed by atoms with van der Waals surface area (Å²) < 4.78 is 5.30. The van der Waals surface area contributed by atoms with E-state index < -0.39 is 6.04 Å². The molecule has 0 amide bonds. The molecular weight excluding hydrogens is 274 g/mol. The first-order valence-corrected chi connectivity index (χ1v) is 8.21. The van der Waals surface area contributed by atoms with Gasteiger partial charge in [0.1, 0.15) is 6.29 Å². The molecule has 1 aliphatic carbocycles. The molecule has 1 fully saturated rings. The molecule has 0 aromatic rings. The van der Waals surface area contributed by atoms with E-state index in [4.69, 9.17) is 10.5 Å². The fraction of sp³-hybridized carbons (Fsp3) is 0.632. The molecule has 3 heteroatoms. The highest BCUT2D eigenvalue weighted by molar-refractivity contribution is 5.58. The van der Waals surface area contributed by atoms with E-state index >= 15 is 0 Å². The standard InChI is InChI=1S/C10H15NO.C7H14O.C2H6/c1-3-5-9(6-4-2)7-10(11)8-12;1-7(8-2)5-3-4-6-7;1-2/h3-6,8,10H,1,7,11H2,2H3;3-6H2,1-2H3;1-2H3/b6-4-,9-5+;;. The Hall–Kier alpha value is -1.19. The molecule has 0 heterocycles. The second-order valence-electron chi connectivity index (χ2n) is 5.34. The molecule has 0 aromatic heterocycles. The molecule has 0 aromatic carbocycles. The van der Waals surface area contributed by atoms with E-state index in [9.17, 15) is 4.79 Å². The molecule has 1 rings (SSSR count). The summed E-state index contributed by atoms with van der Waals surface area (Å²) in [6, 6.07) is -0.410. The molecule has 1 unspecified atom stereocenters. The summed E-state index contributed by atoms with van der Waals surface area (Å²) in [5, 5.41) is 0. The summed E-state index contributed by atoms with van der Waals surface area (Å²) in [4.78, 5) is 10.2. The van der Waals surface area contributed by atoms with Crippen LogP contribution in [0.15, 0.2) is 36.5 Å². The van der Waals surface area contributed by atoms with E-state index in [0.717, 1.165) is 11.9 Å². The van der Waals surface area contributed by atoms with Gasteiger partial charge in [-0.15, -0.1) is 0 Å². The minimum absolute atomic E-state index is 0.236. The van der Waals surface area contributed by atoms with Crippen LogP contribution < -0.4 is 5.73 Å². The van der Waals surface area contributed by atoms with Crippen molar-refractivity contribution in [2.24, 2.45) is 5.73 Å². The van der Waals surface area contributed by atoms with Crippen LogP contribution in [0.3, 0.4) is 0 Å². The number of rotatable bonds is 6. The summed E-state index contributed by atoms with van der Waals surface area (Å²) in [7, 11) is 1.81. The monoisotopic (exact) mass is 309 g/mol. The number of ether oxygens (including phenoxy) is 1. The molecule has 0 saturated heterocycles. The fourth-order valence-electron chi connectivity index (χ4n) is 2.20. The van der Waals surface area contributed by atoms with Crippen molar-refractivity contribution in [3.05, 3.63) is 36.5 Å². The smallest absolute Gasteiger partial charge is 0.137 e. The fourth-order valence-corrected chi connectivity index (χ4v) is 2.20. The predicted molar refractivity (Wildman–Crippen MR) is 97.0 cm³/mol. The van der Waals surface area contributed by atoms with Gasteiger partial charge < -0.3 is 15.3 Å². The zero-order valence-corrected chi connectivity index (χ0v) is 15.1. The van der Waals surface area contributed by atoms with E-state index in [1.807, 2.05) is 46.1 Å². The highest BCUT2D eigenvalue weighted by atomic mass is 16.5. The van der Waals surface area contributed by atoms with Gasteiger partial charge in [0.05, 0.1) is 11.6 Å². The molecule has 0 radical (unpaired) electrons. The van der Waals surface area contributed by atoms with Crippen LogP contribution in [0, 0.1) is 0 Å². The first kappa shape index (κ1) is 23.1. The van der Waals surface area contributed by atoms with Gasteiger partial charge in [0.25, 0.3) is 0 Å². The van der Waals surface area contributed by atoms with Gasteiger partial charge >= 0.3 is 0 Å². The Morgan fingerprint density at radius 1 is 1.36 bits per heavy atom. The van der Waals surface area contributed by atoms with E-state index in [-0.39, 0.29) is 5.60 Å². The molecule has 2 N–H and O–H groups in total. The van der Waals surface area contributed by atoms with Crippen LogP contribution in [0.2, 0.25) is 0 Å². The summed E-state index contributed by atoms with van der Waals surface area (Å²) in [5.41, 5.74) is 6.71. The van der Waals surface area contributed by atoms with Crippen LogP contribution in [-0.2, 0) is 9.53 Å². The lowest BCUT2D eigenvalue weighted by molar-refractivity contribution is -0.108. The van der Waals surface area contributed by atoms with Gasteiger partial charge in [-0.1, -0.05) is 57.6 Å². The molecule has 1 aliphatic rings. The van der Waals surface area contributed by atoms with Crippen molar-refractivity contribution >= 4 is 6.29 Å². The lowest BCUT2D eigenvalue weighted by atomic mass is 10.1. The molecule has 0 spiro atoms. The Morgan fingerprint density at radius 3 is 2.23 bits per heavy atom. The summed E-state index contributed by atoms with van der Waals surface area (Å²) >= 11 is 0. The van der Waals surface area contributed by atoms with E-state index in [1.54, 1.807) is 6.08 Å². The van der Waals surface area contributed by atoms with Crippen molar-refractivity contribution in [1.82, 2.24) is 0 Å². The van der Waals surface area contributed by atoms with Crippen molar-refractivity contribution in [3.63, 3.8) is 0 Å². The van der Waals surface area contributed by atoms with Gasteiger partial charge in [0.15, 0.2) is 0 Å². The number of carbonyl (C=O) groups is 1. The van der Waals surface area contributed by atoms with Crippen LogP contribution in [0.4, 0.5) is 0 Å². The van der Waals surface area contributed by atoms with Crippen molar-refractivity contribution in [2.45, 2.75) is 71.4 Å². The maximum Gasteiger partial charge on any atom is 0.137 e. The molecule has 0 bridgehead atoms. The number of methoxy groups -OCH3 is 1. The maximum atomic E-state index is 10.2. The molecule has 128 valence electrons. The van der Waals surface area contributed by atoms with Crippen molar-refractivity contribution in [2.75, 3.05) is 7.11 Å². The van der Waals surface area contributed by atoms with Crippen molar-refractivity contribution in [3.8, 4) is 0 Å². The highest BCUT2D eigenvalue weighted by Crippen LogP contribution is 2.31. The first-order valence-electron chi connectivity index (χ1n) is 8.21. The summed E-state index contributed by atoms with van der Waals surface area (Å²) in [6.07, 6.45) is 13.9. The van der Waals surface area contributed by atoms with Gasteiger partial charge in [-0.2, -0.15) is 0 Å². The number of aldehydes is 1. The normalized spacial score (nSPS) is 17.8. The third-order valence-electron chi connectivity index (χ3n) is 3.51. The van der Waals surface area contributed by atoms with Crippen LogP contribution in [0.25, 0.3) is 0 Å². The Morgan fingerprint density at radius 2 is 1.91 bits per heavy atom. The van der Waals surface area contributed by atoms with Crippen molar-refractivity contribution in [1.29, 1.82) is 0 Å². The van der Waals surface area contributed by atoms with Gasteiger partial charge in [-0.3, -0.25) is 0 Å². The van der Waals surface area contributed by atoms with Crippen LogP contribution in [-0.4, -0.2) is 25.0 Å². The average molecular weight is 309 g/mol. The van der Waals surface area contributed by atoms with E-state index in [1.165, 1.54) is 25.7 Å². The quantitative estimate of drug-likeness (QED) is 0.577. The minimum atomic E-state index is -0.410. The van der Waals surface area contributed by atoms with Crippen LogP contribution in [0.1, 0.15) is 59.8 Å². The Balaban J connectivity index is 0. The first-order chi connectivity index (χ1) is 10.5. The number of nitrogens with two attached hydrogens (primary N) is 1. The molecule has 3 nitrogen and oxygen atoms in total. The van der Waals surface area contributed by atoms with Gasteiger partial charge in [0.2, 0.25) is 0 Å². The predicted octanol–water partition coefficient (Wildman–Crippen LogP) is 4.58. The summed E-state index contributed by atoms with van der Waals surface area (Å²) in [6.45, 7) is 11.7. The third-order valence-corrected chi connectivity index (χ3v) is 3.51. The Labute approximate surface area is 137 Å². The lowest BCUT2D eigenvalue weighted by Crippen LogP contribution is -2.21. The number of hydrogen-bond donors (Lipinski definition) is 1. The molecule has 1 atom stereocenters. The molecule has 0 aliphatic heterocycles. The highest BCUT2D eigenvalue weighted by Gasteiger charge is 2.27. The summed E-state index contributed by atoms with van der Waals surface area (Å²) in [5.74, 6) is 0. The molecule has 1 saturated carbocycles. The largest absolute Gasteiger partial charge is 0.379 e. The maximum absolute atomic E-state index is 10.2. The molecule has 22 heavy (non-hydrogen) atoms. The SMILES string of the molecule is C=C/C=C(\C=C/C)CC(N)C=O.CC.COC1(C)CCCC1. The zero-order valence-electron chi connectivity index (χ0n) is 15.1. The second kappa shape index (κ2) is 14.7. The molecular formula is C19H35NO2. The average Bonchev–Trinajstić information content (AvgIpc) is 2.98. The van der Waals surface area contributed by atoms with Gasteiger partial charge in [-0.25, -0.2) is 0 Å². The lowest BCUT2D eigenvalue weighted by Gasteiger charge is -2.20. The minimum Gasteiger partial charge on any atom is -0.379 e. The number of allylic oxidation sites excluding steroid dienone is 4.